The van der Waals surface area contributed by atoms with Gasteiger partial charge in [0.2, 0.25) is 0 Å². The van der Waals surface area contributed by atoms with E-state index in [0.29, 0.717) is 27.8 Å². The van der Waals surface area contributed by atoms with Crippen LogP contribution < -0.4 is 11.2 Å². The number of nitrogens with zero attached hydrogens (tertiary/aromatic N) is 2. The molecule has 0 bridgehead atoms. The number of halogens is 1. The maximum absolute atomic E-state index is 13.9. The van der Waals surface area contributed by atoms with Crippen LogP contribution in [0.15, 0.2) is 27.8 Å². The van der Waals surface area contributed by atoms with Crippen molar-refractivity contribution in [3.05, 3.63) is 56.0 Å². The van der Waals surface area contributed by atoms with Gasteiger partial charge in [-0.3, -0.25) is 13.9 Å². The molecule has 0 spiro atoms. The van der Waals surface area contributed by atoms with E-state index in [9.17, 15) is 14.0 Å². The molecule has 0 saturated heterocycles. The molecule has 2 aromatic heterocycles. The summed E-state index contributed by atoms with van der Waals surface area (Å²) in [5.74, 6) is -0.302. The molecule has 2 heterocycles. The normalized spacial score (nSPS) is 11.4. The van der Waals surface area contributed by atoms with Gasteiger partial charge in [-0.15, -0.1) is 11.3 Å². The molecule has 0 radical (unpaired) electrons. The number of aromatic nitrogens is 2. The number of aliphatic hydroxyl groups excluding tert-OH is 1. The van der Waals surface area contributed by atoms with Gasteiger partial charge in [-0.05, 0) is 43.0 Å². The number of rotatable bonds is 4. The Bertz CT molecular complexity index is 1080. The van der Waals surface area contributed by atoms with Crippen LogP contribution in [-0.2, 0) is 13.6 Å². The van der Waals surface area contributed by atoms with Crippen LogP contribution in [0.1, 0.15) is 17.5 Å². The quantitative estimate of drug-likeness (QED) is 0.776. The minimum atomic E-state index is -0.408. The van der Waals surface area contributed by atoms with E-state index in [-0.39, 0.29) is 24.5 Å². The van der Waals surface area contributed by atoms with Crippen molar-refractivity contribution in [1.82, 2.24) is 9.13 Å². The Morgan fingerprint density at radius 1 is 1.24 bits per heavy atom. The molecule has 0 aliphatic carbocycles. The maximum Gasteiger partial charge on any atom is 0.331 e. The Labute approximate surface area is 147 Å². The van der Waals surface area contributed by atoms with E-state index in [0.717, 1.165) is 15.0 Å². The molecule has 0 amide bonds. The number of aliphatic hydroxyl groups is 1. The summed E-state index contributed by atoms with van der Waals surface area (Å²) in [6, 6.07) is 4.97. The third-order valence-electron chi connectivity index (χ3n) is 4.38. The highest BCUT2D eigenvalue weighted by Crippen LogP contribution is 2.36. The monoisotopic (exact) mass is 362 g/mol. The predicted molar refractivity (Wildman–Crippen MR) is 97.9 cm³/mol. The topological polar surface area (TPSA) is 64.2 Å². The molecule has 0 unspecified atom stereocenters. The fourth-order valence-corrected chi connectivity index (χ4v) is 4.16. The molecule has 132 valence electrons. The molecule has 7 heteroatoms. The maximum atomic E-state index is 13.9. The average molecular weight is 362 g/mol. The zero-order chi connectivity index (χ0) is 18.3. The van der Waals surface area contributed by atoms with Crippen LogP contribution >= 0.6 is 11.3 Å². The van der Waals surface area contributed by atoms with E-state index >= 15 is 0 Å². The van der Waals surface area contributed by atoms with E-state index < -0.39 is 5.69 Å². The molecule has 0 saturated carbocycles. The number of hydrogen-bond donors (Lipinski definition) is 1. The number of hydrogen-bond acceptors (Lipinski definition) is 4. The average Bonchev–Trinajstić information content (AvgIpc) is 2.93. The molecule has 25 heavy (non-hydrogen) atoms. The number of benzene rings is 1. The van der Waals surface area contributed by atoms with Gasteiger partial charge in [0.15, 0.2) is 0 Å². The van der Waals surface area contributed by atoms with Crippen molar-refractivity contribution in [1.29, 1.82) is 0 Å². The smallest absolute Gasteiger partial charge is 0.331 e. The van der Waals surface area contributed by atoms with Gasteiger partial charge in [0.1, 0.15) is 10.6 Å². The van der Waals surface area contributed by atoms with Crippen LogP contribution in [0.2, 0.25) is 0 Å². The minimum absolute atomic E-state index is 0.0931. The van der Waals surface area contributed by atoms with Gasteiger partial charge in [0, 0.05) is 25.1 Å². The SMILES string of the molecule is Cc1ccc(-c2sc3c(c2C)c(=O)n(CCCO)c(=O)n3C)cc1F. The van der Waals surface area contributed by atoms with E-state index in [1.54, 1.807) is 20.0 Å². The molecule has 0 atom stereocenters. The zero-order valence-electron chi connectivity index (χ0n) is 14.3. The highest BCUT2D eigenvalue weighted by Gasteiger charge is 2.19. The van der Waals surface area contributed by atoms with Crippen molar-refractivity contribution in [2.45, 2.75) is 26.8 Å². The zero-order valence-corrected chi connectivity index (χ0v) is 15.1. The van der Waals surface area contributed by atoms with E-state index in [4.69, 9.17) is 5.11 Å². The molecule has 0 aliphatic rings. The molecule has 5 nitrogen and oxygen atoms in total. The van der Waals surface area contributed by atoms with Crippen LogP contribution in [0.3, 0.4) is 0 Å². The summed E-state index contributed by atoms with van der Waals surface area (Å²) in [5, 5.41) is 9.46. The lowest BCUT2D eigenvalue weighted by atomic mass is 10.1. The van der Waals surface area contributed by atoms with Gasteiger partial charge in [0.25, 0.3) is 5.56 Å². The van der Waals surface area contributed by atoms with Gasteiger partial charge in [-0.25, -0.2) is 9.18 Å². The van der Waals surface area contributed by atoms with Crippen LogP contribution in [-0.4, -0.2) is 20.8 Å². The molecule has 1 aromatic carbocycles. The first-order chi connectivity index (χ1) is 11.9. The lowest BCUT2D eigenvalue weighted by molar-refractivity contribution is 0.277. The highest BCUT2D eigenvalue weighted by molar-refractivity contribution is 7.22. The first-order valence-electron chi connectivity index (χ1n) is 7.97. The fraction of sp³-hybridized carbons (Fsp3) is 0.333. The Morgan fingerprint density at radius 3 is 2.60 bits per heavy atom. The highest BCUT2D eigenvalue weighted by atomic mass is 32.1. The van der Waals surface area contributed by atoms with Gasteiger partial charge in [-0.2, -0.15) is 0 Å². The van der Waals surface area contributed by atoms with E-state index in [1.165, 1.54) is 22.0 Å². The molecule has 3 aromatic rings. The Balaban J connectivity index is 2.31. The largest absolute Gasteiger partial charge is 0.396 e. The van der Waals surface area contributed by atoms with Crippen molar-refractivity contribution in [3.8, 4) is 10.4 Å². The first kappa shape index (κ1) is 17.6. The summed E-state index contributed by atoms with van der Waals surface area (Å²) in [6.45, 7) is 3.58. The minimum Gasteiger partial charge on any atom is -0.396 e. The summed E-state index contributed by atoms with van der Waals surface area (Å²) in [5.41, 5.74) is 1.21. The fourth-order valence-electron chi connectivity index (χ4n) is 2.91. The third kappa shape index (κ3) is 2.83. The molecular formula is C18H19FN2O3S. The molecule has 0 fully saturated rings. The second-order valence-electron chi connectivity index (χ2n) is 6.08. The third-order valence-corrected chi connectivity index (χ3v) is 5.80. The summed E-state index contributed by atoms with van der Waals surface area (Å²) in [4.78, 5) is 26.6. The number of aryl methyl sites for hydroxylation is 3. The van der Waals surface area contributed by atoms with E-state index in [1.807, 2.05) is 13.0 Å². The lowest BCUT2D eigenvalue weighted by Crippen LogP contribution is -2.39. The van der Waals surface area contributed by atoms with Crippen LogP contribution in [0.25, 0.3) is 20.7 Å². The summed E-state index contributed by atoms with van der Waals surface area (Å²) in [6.07, 6.45) is 0.333. The van der Waals surface area contributed by atoms with Crippen molar-refractivity contribution >= 4 is 21.6 Å². The molecule has 3 rings (SSSR count). The number of thiophene rings is 1. The summed E-state index contributed by atoms with van der Waals surface area (Å²) < 4.78 is 16.5. The van der Waals surface area contributed by atoms with Crippen molar-refractivity contribution in [2.24, 2.45) is 7.05 Å². The summed E-state index contributed by atoms with van der Waals surface area (Å²) >= 11 is 1.31. The van der Waals surface area contributed by atoms with Crippen LogP contribution in [0.5, 0.6) is 0 Å². The van der Waals surface area contributed by atoms with Crippen molar-refractivity contribution in [3.63, 3.8) is 0 Å². The Kier molecular flexibility index (Phi) is 4.62. The molecule has 0 aliphatic heterocycles. The van der Waals surface area contributed by atoms with Gasteiger partial charge >= 0.3 is 5.69 Å². The van der Waals surface area contributed by atoms with Crippen molar-refractivity contribution in [2.75, 3.05) is 6.61 Å². The second-order valence-corrected chi connectivity index (χ2v) is 7.07. The Hall–Kier alpha value is -2.25. The van der Waals surface area contributed by atoms with Crippen LogP contribution in [0.4, 0.5) is 4.39 Å². The predicted octanol–water partition coefficient (Wildman–Crippen LogP) is 2.57. The van der Waals surface area contributed by atoms with Gasteiger partial charge < -0.3 is 5.11 Å². The standard InChI is InChI=1S/C18H19FN2O3S/c1-10-5-6-12(9-13(10)19)15-11(2)14-16(23)21(7-4-8-22)18(24)20(3)17(14)25-15/h5-6,9,22H,4,7-8H2,1-3H3. The molecular weight excluding hydrogens is 343 g/mol. The van der Waals surface area contributed by atoms with Gasteiger partial charge in [-0.1, -0.05) is 12.1 Å². The first-order valence-corrected chi connectivity index (χ1v) is 8.78. The summed E-state index contributed by atoms with van der Waals surface area (Å²) in [7, 11) is 1.62. The van der Waals surface area contributed by atoms with Crippen molar-refractivity contribution < 1.29 is 9.50 Å². The molecule has 1 N–H and O–H groups in total. The Morgan fingerprint density at radius 2 is 1.96 bits per heavy atom. The van der Waals surface area contributed by atoms with Gasteiger partial charge in [0.05, 0.1) is 5.39 Å². The number of fused-ring (bicyclic) bond motifs is 1. The van der Waals surface area contributed by atoms with Crippen LogP contribution in [0, 0.1) is 19.7 Å². The van der Waals surface area contributed by atoms with E-state index in [2.05, 4.69) is 0 Å². The second kappa shape index (κ2) is 6.57. The lowest BCUT2D eigenvalue weighted by Gasteiger charge is -2.07.